The van der Waals surface area contributed by atoms with E-state index in [9.17, 15) is 4.79 Å². The monoisotopic (exact) mass is 282 g/mol. The van der Waals surface area contributed by atoms with Gasteiger partial charge in [-0.1, -0.05) is 50.2 Å². The Bertz CT molecular complexity index is 597. The highest BCUT2D eigenvalue weighted by atomic mass is 16.5. The van der Waals surface area contributed by atoms with Crippen molar-refractivity contribution in [3.63, 3.8) is 0 Å². The van der Waals surface area contributed by atoms with E-state index >= 15 is 0 Å². The van der Waals surface area contributed by atoms with Crippen molar-refractivity contribution in [2.45, 2.75) is 33.1 Å². The summed E-state index contributed by atoms with van der Waals surface area (Å²) in [6, 6.07) is 15.7. The molecule has 0 heterocycles. The number of benzene rings is 2. The number of carbonyl (C=O) groups is 1. The van der Waals surface area contributed by atoms with Gasteiger partial charge in [0.05, 0.1) is 12.2 Å². The summed E-state index contributed by atoms with van der Waals surface area (Å²) in [5.74, 6) is 1.27. The summed E-state index contributed by atoms with van der Waals surface area (Å²) in [6.07, 6.45) is 0.405. The zero-order chi connectivity index (χ0) is 15.2. The van der Waals surface area contributed by atoms with E-state index in [1.54, 1.807) is 0 Å². The second kappa shape index (κ2) is 7.07. The Labute approximate surface area is 126 Å². The Balaban J connectivity index is 2.14. The summed E-state index contributed by atoms with van der Waals surface area (Å²) >= 11 is 0. The number of para-hydroxylation sites is 1. The summed E-state index contributed by atoms with van der Waals surface area (Å²) in [6.45, 7) is 6.82. The Hall–Kier alpha value is -2.09. The average Bonchev–Trinajstić information content (AvgIpc) is 2.48. The lowest BCUT2D eigenvalue weighted by Gasteiger charge is -2.10. The van der Waals surface area contributed by atoms with Crippen LogP contribution in [0.2, 0.25) is 0 Å². The molecule has 0 saturated heterocycles. The highest BCUT2D eigenvalue weighted by Gasteiger charge is 2.12. The molecule has 0 aliphatic heterocycles. The van der Waals surface area contributed by atoms with Crippen molar-refractivity contribution >= 4 is 5.78 Å². The van der Waals surface area contributed by atoms with Crippen LogP contribution in [0, 0.1) is 0 Å². The predicted molar refractivity (Wildman–Crippen MR) is 86.2 cm³/mol. The summed E-state index contributed by atoms with van der Waals surface area (Å²) < 4.78 is 5.53. The first-order valence-corrected chi connectivity index (χ1v) is 7.45. The predicted octanol–water partition coefficient (Wildman–Crippen LogP) is 4.63. The molecular formula is C19H22O2. The van der Waals surface area contributed by atoms with Crippen LogP contribution >= 0.6 is 0 Å². The molecule has 2 rings (SSSR count). The van der Waals surface area contributed by atoms with Gasteiger partial charge < -0.3 is 4.74 Å². The van der Waals surface area contributed by atoms with Gasteiger partial charge in [-0.05, 0) is 36.1 Å². The van der Waals surface area contributed by atoms with Crippen molar-refractivity contribution in [1.29, 1.82) is 0 Å². The number of carbonyl (C=O) groups excluding carboxylic acids is 1. The molecule has 0 aliphatic carbocycles. The maximum atomic E-state index is 12.4. The van der Waals surface area contributed by atoms with Gasteiger partial charge in [0, 0.05) is 6.42 Å². The van der Waals surface area contributed by atoms with Crippen LogP contribution in [-0.2, 0) is 6.42 Å². The lowest BCUT2D eigenvalue weighted by atomic mass is 9.98. The van der Waals surface area contributed by atoms with Crippen LogP contribution in [0.25, 0.3) is 0 Å². The van der Waals surface area contributed by atoms with E-state index in [0.29, 0.717) is 30.3 Å². The number of hydrogen-bond donors (Lipinski definition) is 0. The fourth-order valence-corrected chi connectivity index (χ4v) is 2.28. The average molecular weight is 282 g/mol. The molecule has 0 atom stereocenters. The number of rotatable bonds is 6. The summed E-state index contributed by atoms with van der Waals surface area (Å²) in [7, 11) is 0. The topological polar surface area (TPSA) is 26.3 Å². The Morgan fingerprint density at radius 2 is 1.71 bits per heavy atom. The quantitative estimate of drug-likeness (QED) is 0.722. The smallest absolute Gasteiger partial charge is 0.170 e. The molecule has 2 heteroatoms. The SMILES string of the molecule is CCOc1ccccc1C(=O)Cc1ccc(C(C)C)cc1. The van der Waals surface area contributed by atoms with Crippen molar-refractivity contribution in [2.75, 3.05) is 6.61 Å². The van der Waals surface area contributed by atoms with Crippen molar-refractivity contribution < 1.29 is 9.53 Å². The Kier molecular flexibility index (Phi) is 5.15. The number of ether oxygens (including phenoxy) is 1. The number of hydrogen-bond acceptors (Lipinski definition) is 2. The van der Waals surface area contributed by atoms with E-state index in [1.165, 1.54) is 5.56 Å². The molecule has 2 aromatic carbocycles. The van der Waals surface area contributed by atoms with Gasteiger partial charge in [0.25, 0.3) is 0 Å². The molecule has 0 bridgehead atoms. The zero-order valence-electron chi connectivity index (χ0n) is 12.9. The van der Waals surface area contributed by atoms with Crippen LogP contribution < -0.4 is 4.74 Å². The zero-order valence-corrected chi connectivity index (χ0v) is 12.9. The van der Waals surface area contributed by atoms with Crippen LogP contribution in [0.5, 0.6) is 5.75 Å². The fraction of sp³-hybridized carbons (Fsp3) is 0.316. The normalized spacial score (nSPS) is 10.7. The third-order valence-electron chi connectivity index (χ3n) is 3.50. The summed E-state index contributed by atoms with van der Waals surface area (Å²) in [5, 5.41) is 0. The highest BCUT2D eigenvalue weighted by Crippen LogP contribution is 2.21. The van der Waals surface area contributed by atoms with E-state index in [0.717, 1.165) is 5.56 Å². The van der Waals surface area contributed by atoms with Crippen LogP contribution in [-0.4, -0.2) is 12.4 Å². The molecule has 0 fully saturated rings. The minimum atomic E-state index is 0.0938. The van der Waals surface area contributed by atoms with Crippen LogP contribution in [0.15, 0.2) is 48.5 Å². The molecule has 0 aromatic heterocycles. The molecule has 2 aromatic rings. The third kappa shape index (κ3) is 3.94. The second-order valence-electron chi connectivity index (χ2n) is 5.43. The maximum Gasteiger partial charge on any atom is 0.170 e. The first kappa shape index (κ1) is 15.3. The molecule has 0 radical (unpaired) electrons. The second-order valence-corrected chi connectivity index (χ2v) is 5.43. The van der Waals surface area contributed by atoms with Gasteiger partial charge in [0.1, 0.15) is 5.75 Å². The molecule has 21 heavy (non-hydrogen) atoms. The minimum absolute atomic E-state index is 0.0938. The van der Waals surface area contributed by atoms with Crippen LogP contribution in [0.1, 0.15) is 48.2 Å². The van der Waals surface area contributed by atoms with E-state index < -0.39 is 0 Å². The van der Waals surface area contributed by atoms with Gasteiger partial charge in [-0.2, -0.15) is 0 Å². The van der Waals surface area contributed by atoms with Gasteiger partial charge in [-0.25, -0.2) is 0 Å². The van der Waals surface area contributed by atoms with Gasteiger partial charge in [-0.3, -0.25) is 4.79 Å². The van der Waals surface area contributed by atoms with E-state index in [2.05, 4.69) is 26.0 Å². The summed E-state index contributed by atoms with van der Waals surface area (Å²) in [4.78, 5) is 12.4. The molecular weight excluding hydrogens is 260 g/mol. The first-order chi connectivity index (χ1) is 10.1. The number of Topliss-reactive ketones (excluding diaryl/α,β-unsaturated/α-hetero) is 1. The van der Waals surface area contributed by atoms with Crippen molar-refractivity contribution in [2.24, 2.45) is 0 Å². The van der Waals surface area contributed by atoms with Crippen molar-refractivity contribution in [1.82, 2.24) is 0 Å². The van der Waals surface area contributed by atoms with Gasteiger partial charge in [0.15, 0.2) is 5.78 Å². The molecule has 0 aliphatic rings. The van der Waals surface area contributed by atoms with Gasteiger partial charge in [0.2, 0.25) is 0 Å². The van der Waals surface area contributed by atoms with E-state index in [1.807, 2.05) is 43.3 Å². The largest absolute Gasteiger partial charge is 0.493 e. The lowest BCUT2D eigenvalue weighted by molar-refractivity contribution is 0.0989. The first-order valence-electron chi connectivity index (χ1n) is 7.45. The molecule has 2 nitrogen and oxygen atoms in total. The third-order valence-corrected chi connectivity index (χ3v) is 3.50. The van der Waals surface area contributed by atoms with Gasteiger partial charge in [-0.15, -0.1) is 0 Å². The molecule has 0 saturated carbocycles. The fourth-order valence-electron chi connectivity index (χ4n) is 2.28. The van der Waals surface area contributed by atoms with Gasteiger partial charge >= 0.3 is 0 Å². The minimum Gasteiger partial charge on any atom is -0.493 e. The van der Waals surface area contributed by atoms with Crippen molar-refractivity contribution in [3.05, 3.63) is 65.2 Å². The number of ketones is 1. The Morgan fingerprint density at radius 3 is 2.33 bits per heavy atom. The highest BCUT2D eigenvalue weighted by molar-refractivity contribution is 5.99. The standard InChI is InChI=1S/C19H22O2/c1-4-21-19-8-6-5-7-17(19)18(20)13-15-9-11-16(12-10-15)14(2)3/h5-12,14H,4,13H2,1-3H3. The molecule has 0 spiro atoms. The molecule has 0 N–H and O–H groups in total. The van der Waals surface area contributed by atoms with Crippen molar-refractivity contribution in [3.8, 4) is 5.75 Å². The van der Waals surface area contributed by atoms with E-state index in [4.69, 9.17) is 4.74 Å². The van der Waals surface area contributed by atoms with Crippen LogP contribution in [0.3, 0.4) is 0 Å². The Morgan fingerprint density at radius 1 is 1.05 bits per heavy atom. The molecule has 0 unspecified atom stereocenters. The molecule has 110 valence electrons. The molecule has 0 amide bonds. The maximum absolute atomic E-state index is 12.4. The lowest BCUT2D eigenvalue weighted by Crippen LogP contribution is -2.07. The van der Waals surface area contributed by atoms with Crippen LogP contribution in [0.4, 0.5) is 0 Å². The summed E-state index contributed by atoms with van der Waals surface area (Å²) in [5.41, 5.74) is 2.99. The van der Waals surface area contributed by atoms with E-state index in [-0.39, 0.29) is 5.78 Å².